The van der Waals surface area contributed by atoms with E-state index in [-0.39, 0.29) is 12.1 Å². The van der Waals surface area contributed by atoms with Crippen molar-refractivity contribution in [1.29, 1.82) is 0 Å². The molecule has 2 heterocycles. The van der Waals surface area contributed by atoms with Crippen LogP contribution in [0.25, 0.3) is 0 Å². The summed E-state index contributed by atoms with van der Waals surface area (Å²) in [4.78, 5) is 17.1. The van der Waals surface area contributed by atoms with Gasteiger partial charge in [-0.3, -0.25) is 9.80 Å². The molecule has 2 aliphatic rings. The molecule has 24 heavy (non-hydrogen) atoms. The third kappa shape index (κ3) is 3.57. The molecule has 0 spiro atoms. The van der Waals surface area contributed by atoms with E-state index in [1.54, 1.807) is 0 Å². The quantitative estimate of drug-likeness (QED) is 0.922. The van der Waals surface area contributed by atoms with Gasteiger partial charge in [-0.2, -0.15) is 0 Å². The number of carbonyl (C=O) groups excluding carboxylic acids is 1. The molecular formula is C19H29N3O2. The number of morpholine rings is 1. The zero-order valence-electron chi connectivity index (χ0n) is 15.0. The molecule has 2 aliphatic heterocycles. The largest absolute Gasteiger partial charge is 0.379 e. The second kappa shape index (κ2) is 7.53. The average molecular weight is 331 g/mol. The Morgan fingerprint density at radius 2 is 2.00 bits per heavy atom. The number of carbonyl (C=O) groups is 1. The zero-order valence-corrected chi connectivity index (χ0v) is 15.0. The van der Waals surface area contributed by atoms with Crippen LogP contribution in [0.15, 0.2) is 24.3 Å². The number of benzene rings is 1. The van der Waals surface area contributed by atoms with E-state index in [9.17, 15) is 4.79 Å². The number of urea groups is 1. The normalized spacial score (nSPS) is 22.5. The fraction of sp³-hybridized carbons (Fsp3) is 0.632. The van der Waals surface area contributed by atoms with Gasteiger partial charge < -0.3 is 10.1 Å². The lowest BCUT2D eigenvalue weighted by atomic mass is 10.0. The van der Waals surface area contributed by atoms with Crippen LogP contribution >= 0.6 is 0 Å². The van der Waals surface area contributed by atoms with Crippen molar-refractivity contribution in [2.45, 2.75) is 39.3 Å². The Morgan fingerprint density at radius 3 is 2.71 bits per heavy atom. The highest BCUT2D eigenvalue weighted by Gasteiger charge is 2.31. The van der Waals surface area contributed by atoms with Gasteiger partial charge in [0.15, 0.2) is 0 Å². The Morgan fingerprint density at radius 1 is 1.29 bits per heavy atom. The molecule has 1 fully saturated rings. The highest BCUT2D eigenvalue weighted by molar-refractivity contribution is 5.94. The van der Waals surface area contributed by atoms with Crippen LogP contribution in [0.3, 0.4) is 0 Å². The summed E-state index contributed by atoms with van der Waals surface area (Å²) in [7, 11) is 0. The van der Waals surface area contributed by atoms with Crippen molar-refractivity contribution < 1.29 is 9.53 Å². The average Bonchev–Trinajstić information content (AvgIpc) is 2.91. The number of hydrogen-bond donors (Lipinski definition) is 1. The van der Waals surface area contributed by atoms with E-state index >= 15 is 0 Å². The minimum atomic E-state index is 0.0198. The summed E-state index contributed by atoms with van der Waals surface area (Å²) in [6.07, 6.45) is 0.931. The van der Waals surface area contributed by atoms with Crippen molar-refractivity contribution in [2.24, 2.45) is 5.92 Å². The van der Waals surface area contributed by atoms with Gasteiger partial charge in [0.1, 0.15) is 0 Å². The van der Waals surface area contributed by atoms with Gasteiger partial charge in [-0.05, 0) is 30.9 Å². The smallest absolute Gasteiger partial charge is 0.322 e. The third-order valence-corrected chi connectivity index (χ3v) is 5.17. The predicted octanol–water partition coefficient (Wildman–Crippen LogP) is 2.50. The molecule has 2 unspecified atom stereocenters. The van der Waals surface area contributed by atoms with Crippen molar-refractivity contribution in [1.82, 2.24) is 10.2 Å². The number of amides is 2. The first kappa shape index (κ1) is 17.2. The lowest BCUT2D eigenvalue weighted by Gasteiger charge is -2.37. The first-order valence-electron chi connectivity index (χ1n) is 9.04. The summed E-state index contributed by atoms with van der Waals surface area (Å²) in [5, 5.41) is 3.18. The molecule has 132 valence electrons. The fourth-order valence-electron chi connectivity index (χ4n) is 3.85. The first-order valence-corrected chi connectivity index (χ1v) is 9.04. The van der Waals surface area contributed by atoms with E-state index in [2.05, 4.69) is 37.1 Å². The first-order chi connectivity index (χ1) is 11.6. The van der Waals surface area contributed by atoms with E-state index in [1.165, 1.54) is 5.56 Å². The van der Waals surface area contributed by atoms with E-state index in [0.717, 1.165) is 38.4 Å². The van der Waals surface area contributed by atoms with Gasteiger partial charge in [0, 0.05) is 37.4 Å². The second-order valence-corrected chi connectivity index (χ2v) is 7.20. The highest BCUT2D eigenvalue weighted by Crippen LogP contribution is 2.31. The van der Waals surface area contributed by atoms with Crippen molar-refractivity contribution in [3.8, 4) is 0 Å². The number of fused-ring (bicyclic) bond motifs is 1. The van der Waals surface area contributed by atoms with Crippen LogP contribution in [0.2, 0.25) is 0 Å². The van der Waals surface area contributed by atoms with Crippen LogP contribution in [0.4, 0.5) is 10.5 Å². The van der Waals surface area contributed by atoms with Crippen molar-refractivity contribution >= 4 is 11.7 Å². The molecule has 1 N–H and O–H groups in total. The van der Waals surface area contributed by atoms with E-state index in [4.69, 9.17) is 4.74 Å². The van der Waals surface area contributed by atoms with Gasteiger partial charge in [0.05, 0.1) is 13.2 Å². The van der Waals surface area contributed by atoms with Gasteiger partial charge in [-0.15, -0.1) is 0 Å². The number of rotatable bonds is 4. The molecule has 2 amide bonds. The summed E-state index contributed by atoms with van der Waals surface area (Å²) in [5.74, 6) is 0.492. The molecule has 1 saturated heterocycles. The Labute approximate surface area is 145 Å². The van der Waals surface area contributed by atoms with Crippen molar-refractivity contribution in [3.63, 3.8) is 0 Å². The number of nitrogens with one attached hydrogen (secondary N) is 1. The number of hydrogen-bond acceptors (Lipinski definition) is 3. The van der Waals surface area contributed by atoms with Crippen molar-refractivity contribution in [3.05, 3.63) is 29.8 Å². The molecule has 1 aromatic rings. The van der Waals surface area contributed by atoms with E-state index in [0.29, 0.717) is 18.5 Å². The molecule has 2 atom stereocenters. The molecule has 0 aliphatic carbocycles. The Bertz CT molecular complexity index is 569. The maximum absolute atomic E-state index is 12.8. The number of nitrogens with zero attached hydrogens (tertiary/aromatic N) is 2. The van der Waals surface area contributed by atoms with Crippen LogP contribution in [-0.4, -0.2) is 55.9 Å². The summed E-state index contributed by atoms with van der Waals surface area (Å²) >= 11 is 0. The van der Waals surface area contributed by atoms with Crippen LogP contribution < -0.4 is 10.2 Å². The molecule has 0 radical (unpaired) electrons. The van der Waals surface area contributed by atoms with Crippen LogP contribution in [0.1, 0.15) is 26.3 Å². The molecule has 5 nitrogen and oxygen atoms in total. The topological polar surface area (TPSA) is 44.8 Å². The molecule has 3 rings (SSSR count). The van der Waals surface area contributed by atoms with E-state index < -0.39 is 0 Å². The second-order valence-electron chi connectivity index (χ2n) is 7.20. The van der Waals surface area contributed by atoms with Crippen LogP contribution in [0, 0.1) is 5.92 Å². The molecule has 1 aromatic carbocycles. The zero-order chi connectivity index (χ0) is 17.1. The Kier molecular flexibility index (Phi) is 5.41. The SMILES string of the molecule is CC(C)C(CNC(=O)N1c2ccccc2CC1C)N1CCOCC1. The molecule has 5 heteroatoms. The lowest BCUT2D eigenvalue weighted by molar-refractivity contribution is 0.00723. The standard InChI is InChI=1S/C19H29N3O2/c1-14(2)18(21-8-10-24-11-9-21)13-20-19(23)22-15(3)12-16-6-4-5-7-17(16)22/h4-7,14-15,18H,8-13H2,1-3H3,(H,20,23). The minimum absolute atomic E-state index is 0.0198. The van der Waals surface area contributed by atoms with Crippen LogP contribution in [0.5, 0.6) is 0 Å². The summed E-state index contributed by atoms with van der Waals surface area (Å²) < 4.78 is 5.45. The van der Waals surface area contributed by atoms with Crippen molar-refractivity contribution in [2.75, 3.05) is 37.7 Å². The molecule has 0 saturated carbocycles. The van der Waals surface area contributed by atoms with Gasteiger partial charge >= 0.3 is 6.03 Å². The van der Waals surface area contributed by atoms with Gasteiger partial charge in [0.25, 0.3) is 0 Å². The highest BCUT2D eigenvalue weighted by atomic mass is 16.5. The summed E-state index contributed by atoms with van der Waals surface area (Å²) in [5.41, 5.74) is 2.31. The molecule has 0 aromatic heterocycles. The van der Waals surface area contributed by atoms with Gasteiger partial charge in [-0.1, -0.05) is 32.0 Å². The number of anilines is 1. The Balaban J connectivity index is 1.63. The lowest BCUT2D eigenvalue weighted by Crippen LogP contribution is -2.53. The summed E-state index contributed by atoms with van der Waals surface area (Å²) in [6.45, 7) is 10.7. The Hall–Kier alpha value is -1.59. The minimum Gasteiger partial charge on any atom is -0.379 e. The maximum Gasteiger partial charge on any atom is 0.322 e. The third-order valence-electron chi connectivity index (χ3n) is 5.17. The molecule has 0 bridgehead atoms. The summed E-state index contributed by atoms with van der Waals surface area (Å²) in [6, 6.07) is 8.78. The maximum atomic E-state index is 12.8. The van der Waals surface area contributed by atoms with Crippen LogP contribution in [-0.2, 0) is 11.2 Å². The van der Waals surface area contributed by atoms with E-state index in [1.807, 2.05) is 23.1 Å². The number of para-hydroxylation sites is 1. The predicted molar refractivity (Wildman–Crippen MR) is 96.5 cm³/mol. The van der Waals surface area contributed by atoms with Gasteiger partial charge in [-0.25, -0.2) is 4.79 Å². The molecular weight excluding hydrogens is 302 g/mol. The number of ether oxygens (including phenoxy) is 1. The fourth-order valence-corrected chi connectivity index (χ4v) is 3.85. The van der Waals surface area contributed by atoms with Gasteiger partial charge in [0.2, 0.25) is 0 Å². The monoisotopic (exact) mass is 331 g/mol.